The lowest BCUT2D eigenvalue weighted by atomic mass is 10.1. The van der Waals surface area contributed by atoms with E-state index in [0.717, 1.165) is 35.0 Å². The summed E-state index contributed by atoms with van der Waals surface area (Å²) in [7, 11) is 0. The third-order valence-electron chi connectivity index (χ3n) is 3.93. The molecule has 0 aliphatic rings. The quantitative estimate of drug-likeness (QED) is 0.547. The summed E-state index contributed by atoms with van der Waals surface area (Å²) in [6.07, 6.45) is 1.80. The molecule has 1 N–H and O–H groups in total. The molecule has 1 aromatic heterocycles. The topological polar surface area (TPSA) is 24.9 Å². The van der Waals surface area contributed by atoms with Crippen molar-refractivity contribution in [2.75, 3.05) is 0 Å². The summed E-state index contributed by atoms with van der Waals surface area (Å²) in [6, 6.07) is 9.40. The van der Waals surface area contributed by atoms with E-state index in [1.807, 2.05) is 58.0 Å². The SMILES string of the molecule is C=C(NC(C)c1ccc(CCC(C)(F)F)cn1)c1cc(C)cc(Cl)c1.CC. The minimum Gasteiger partial charge on any atom is -0.377 e. The highest BCUT2D eigenvalue weighted by molar-refractivity contribution is 6.30. The van der Waals surface area contributed by atoms with Crippen molar-refractivity contribution in [3.05, 3.63) is 70.5 Å². The van der Waals surface area contributed by atoms with Crippen LogP contribution in [0.3, 0.4) is 0 Å². The van der Waals surface area contributed by atoms with Crippen LogP contribution in [0.2, 0.25) is 5.02 Å². The molecule has 2 rings (SSSR count). The van der Waals surface area contributed by atoms with Crippen LogP contribution >= 0.6 is 11.6 Å². The predicted octanol–water partition coefficient (Wildman–Crippen LogP) is 6.98. The lowest BCUT2D eigenvalue weighted by Gasteiger charge is -2.18. The molecule has 148 valence electrons. The van der Waals surface area contributed by atoms with Gasteiger partial charge < -0.3 is 5.32 Å². The number of benzene rings is 1. The number of nitrogens with zero attached hydrogens (tertiary/aromatic N) is 1. The summed E-state index contributed by atoms with van der Waals surface area (Å²) >= 11 is 6.09. The molecule has 2 aromatic rings. The second-order valence-corrected chi connectivity index (χ2v) is 6.96. The van der Waals surface area contributed by atoms with E-state index in [1.54, 1.807) is 6.20 Å². The first kappa shape index (κ1) is 23.1. The Kier molecular flexibility index (Phi) is 8.91. The predicted molar refractivity (Wildman–Crippen MR) is 111 cm³/mol. The molecule has 1 atom stereocenters. The van der Waals surface area contributed by atoms with Crippen LogP contribution < -0.4 is 5.32 Å². The molecule has 0 saturated heterocycles. The van der Waals surface area contributed by atoms with Crippen molar-refractivity contribution in [2.45, 2.75) is 59.4 Å². The number of hydrogen-bond donors (Lipinski definition) is 1. The van der Waals surface area contributed by atoms with Gasteiger partial charge in [0.15, 0.2) is 0 Å². The summed E-state index contributed by atoms with van der Waals surface area (Å²) in [4.78, 5) is 4.39. The van der Waals surface area contributed by atoms with E-state index in [2.05, 4.69) is 16.9 Å². The average Bonchev–Trinajstić information content (AvgIpc) is 2.60. The molecule has 0 radical (unpaired) electrons. The molecule has 0 aliphatic heterocycles. The summed E-state index contributed by atoms with van der Waals surface area (Å²) in [5.74, 6) is -2.65. The molecule has 0 aliphatic carbocycles. The number of halogens is 3. The Hall–Kier alpha value is -1.94. The maximum absolute atomic E-state index is 12.9. The molecule has 2 nitrogen and oxygen atoms in total. The van der Waals surface area contributed by atoms with E-state index in [4.69, 9.17) is 11.6 Å². The first-order valence-corrected chi connectivity index (χ1v) is 9.57. The number of nitrogens with one attached hydrogen (secondary N) is 1. The molecule has 0 spiro atoms. The van der Waals surface area contributed by atoms with Gasteiger partial charge in [-0.3, -0.25) is 4.98 Å². The van der Waals surface area contributed by atoms with Gasteiger partial charge in [0.25, 0.3) is 0 Å². The lowest BCUT2D eigenvalue weighted by Crippen LogP contribution is -2.18. The molecule has 5 heteroatoms. The number of aryl methyl sites for hydroxylation is 2. The van der Waals surface area contributed by atoms with Gasteiger partial charge in [-0.1, -0.05) is 38.1 Å². The van der Waals surface area contributed by atoms with Gasteiger partial charge in [-0.05, 0) is 68.1 Å². The number of hydrogen-bond acceptors (Lipinski definition) is 2. The number of pyridine rings is 1. The molecule has 1 heterocycles. The Morgan fingerprint density at radius 1 is 1.26 bits per heavy atom. The molecule has 1 unspecified atom stereocenters. The van der Waals surface area contributed by atoms with E-state index in [0.29, 0.717) is 11.4 Å². The van der Waals surface area contributed by atoms with Crippen LogP contribution in [0, 0.1) is 6.92 Å². The van der Waals surface area contributed by atoms with Gasteiger partial charge >= 0.3 is 0 Å². The van der Waals surface area contributed by atoms with Crippen molar-refractivity contribution < 1.29 is 8.78 Å². The van der Waals surface area contributed by atoms with E-state index in [9.17, 15) is 8.78 Å². The second-order valence-electron chi connectivity index (χ2n) is 6.52. The normalized spacial score (nSPS) is 12.0. The Morgan fingerprint density at radius 3 is 2.44 bits per heavy atom. The van der Waals surface area contributed by atoms with Crippen LogP contribution in [0.4, 0.5) is 8.78 Å². The highest BCUT2D eigenvalue weighted by Crippen LogP contribution is 2.22. The Labute approximate surface area is 166 Å². The van der Waals surface area contributed by atoms with Crippen LogP contribution in [0.1, 0.15) is 62.5 Å². The zero-order valence-electron chi connectivity index (χ0n) is 16.7. The minimum absolute atomic E-state index is 0.0616. The van der Waals surface area contributed by atoms with Crippen LogP contribution in [0.15, 0.2) is 43.1 Å². The molecule has 0 saturated carbocycles. The fourth-order valence-corrected chi connectivity index (χ4v) is 2.82. The maximum Gasteiger partial charge on any atom is 0.245 e. The zero-order chi connectivity index (χ0) is 20.6. The molecule has 27 heavy (non-hydrogen) atoms. The Bertz CT molecular complexity index is 717. The standard InChI is InChI=1S/C20H23ClF2N2.C2H6/c1-13-9-17(11-18(21)10-13)14(2)25-15(3)19-6-5-16(12-24-19)7-8-20(4,22)23;1-2/h5-6,9-12,15,25H,2,7-8H2,1,3-4H3;1-2H3. The maximum atomic E-state index is 12.9. The van der Waals surface area contributed by atoms with Crippen molar-refractivity contribution in [1.82, 2.24) is 10.3 Å². The average molecular weight is 395 g/mol. The summed E-state index contributed by atoms with van der Waals surface area (Å²) in [5, 5.41) is 3.97. The Balaban J connectivity index is 0.00000176. The first-order valence-electron chi connectivity index (χ1n) is 9.20. The van der Waals surface area contributed by atoms with Crippen LogP contribution in [0.25, 0.3) is 5.70 Å². The fraction of sp³-hybridized carbons (Fsp3) is 0.409. The van der Waals surface area contributed by atoms with Crippen LogP contribution in [0.5, 0.6) is 0 Å². The highest BCUT2D eigenvalue weighted by Gasteiger charge is 2.20. The van der Waals surface area contributed by atoms with Crippen molar-refractivity contribution in [2.24, 2.45) is 0 Å². The monoisotopic (exact) mass is 394 g/mol. The number of rotatable bonds is 7. The lowest BCUT2D eigenvalue weighted by molar-refractivity contribution is 0.0133. The van der Waals surface area contributed by atoms with Gasteiger partial charge in [0.1, 0.15) is 0 Å². The Morgan fingerprint density at radius 2 is 1.93 bits per heavy atom. The van der Waals surface area contributed by atoms with Crippen molar-refractivity contribution in [3.8, 4) is 0 Å². The summed E-state index contributed by atoms with van der Waals surface area (Å²) < 4.78 is 25.9. The molecular weight excluding hydrogens is 366 g/mol. The highest BCUT2D eigenvalue weighted by atomic mass is 35.5. The van der Waals surface area contributed by atoms with E-state index >= 15 is 0 Å². The summed E-state index contributed by atoms with van der Waals surface area (Å²) in [6.45, 7) is 13.0. The van der Waals surface area contributed by atoms with Crippen molar-refractivity contribution >= 4 is 17.3 Å². The molecule has 0 fully saturated rings. The fourth-order valence-electron chi connectivity index (χ4n) is 2.53. The van der Waals surface area contributed by atoms with Gasteiger partial charge in [0, 0.05) is 23.3 Å². The van der Waals surface area contributed by atoms with Crippen LogP contribution in [-0.2, 0) is 6.42 Å². The molecular formula is C22H29ClF2N2. The molecule has 1 aromatic carbocycles. The first-order chi connectivity index (χ1) is 12.6. The summed E-state index contributed by atoms with van der Waals surface area (Å²) in [5.41, 5.74) is 4.38. The largest absolute Gasteiger partial charge is 0.377 e. The van der Waals surface area contributed by atoms with Gasteiger partial charge in [-0.15, -0.1) is 0 Å². The smallest absolute Gasteiger partial charge is 0.245 e. The minimum atomic E-state index is -2.65. The van der Waals surface area contributed by atoms with Crippen molar-refractivity contribution in [3.63, 3.8) is 0 Å². The molecule has 0 bridgehead atoms. The van der Waals surface area contributed by atoms with Crippen LogP contribution in [-0.4, -0.2) is 10.9 Å². The third kappa shape index (κ3) is 8.08. The van der Waals surface area contributed by atoms with Gasteiger partial charge in [-0.25, -0.2) is 8.78 Å². The number of aromatic nitrogens is 1. The number of alkyl halides is 2. The zero-order valence-corrected chi connectivity index (χ0v) is 17.5. The molecule has 0 amide bonds. The third-order valence-corrected chi connectivity index (χ3v) is 4.14. The van der Waals surface area contributed by atoms with E-state index < -0.39 is 5.92 Å². The van der Waals surface area contributed by atoms with Crippen molar-refractivity contribution in [1.29, 1.82) is 0 Å². The van der Waals surface area contributed by atoms with Gasteiger partial charge in [0.2, 0.25) is 5.92 Å². The second kappa shape index (κ2) is 10.4. The van der Waals surface area contributed by atoms with E-state index in [-0.39, 0.29) is 12.5 Å². The van der Waals surface area contributed by atoms with Gasteiger partial charge in [-0.2, -0.15) is 0 Å². The van der Waals surface area contributed by atoms with E-state index in [1.165, 1.54) is 0 Å². The van der Waals surface area contributed by atoms with Gasteiger partial charge in [0.05, 0.1) is 11.7 Å².